The van der Waals surface area contributed by atoms with Crippen LogP contribution in [0.4, 0.5) is 4.39 Å². The summed E-state index contributed by atoms with van der Waals surface area (Å²) in [5, 5.41) is 3.52. The molecule has 1 atom stereocenters. The lowest BCUT2D eigenvalue weighted by Gasteiger charge is -2.29. The fourth-order valence-electron chi connectivity index (χ4n) is 2.74. The van der Waals surface area contributed by atoms with E-state index in [2.05, 4.69) is 56.4 Å². The molecule has 0 aliphatic carbocycles. The zero-order chi connectivity index (χ0) is 15.3. The van der Waals surface area contributed by atoms with Crippen molar-refractivity contribution in [2.45, 2.75) is 45.2 Å². The van der Waals surface area contributed by atoms with E-state index in [-0.39, 0.29) is 11.2 Å². The smallest absolute Gasteiger partial charge is 0.123 e. The Labute approximate surface area is 127 Å². The van der Waals surface area contributed by atoms with E-state index in [1.807, 2.05) is 12.1 Å². The van der Waals surface area contributed by atoms with Crippen molar-refractivity contribution in [2.24, 2.45) is 0 Å². The molecule has 2 aromatic carbocycles. The van der Waals surface area contributed by atoms with Crippen LogP contribution in [0, 0.1) is 5.82 Å². The van der Waals surface area contributed by atoms with Gasteiger partial charge in [-0.25, -0.2) is 4.39 Å². The highest BCUT2D eigenvalue weighted by Crippen LogP contribution is 2.28. The van der Waals surface area contributed by atoms with Crippen LogP contribution in [0.25, 0.3) is 0 Å². The molecule has 0 amide bonds. The zero-order valence-electron chi connectivity index (χ0n) is 13.1. The molecule has 0 aliphatic heterocycles. The molecule has 112 valence electrons. The number of benzene rings is 2. The summed E-state index contributed by atoms with van der Waals surface area (Å²) in [6, 6.07) is 17.7. The van der Waals surface area contributed by atoms with Crippen LogP contribution in [0.2, 0.25) is 0 Å². The SMILES string of the molecule is CC(CC(C)(C)c1ccccc1)NCc1ccc(F)cc1. The monoisotopic (exact) mass is 285 g/mol. The first-order valence-corrected chi connectivity index (χ1v) is 7.51. The predicted octanol–water partition coefficient (Wildman–Crippen LogP) is 4.67. The standard InChI is InChI=1S/C19H24FN/c1-15(21-14-16-9-11-18(20)12-10-16)13-19(2,3)17-7-5-4-6-8-17/h4-12,15,21H,13-14H2,1-3H3. The van der Waals surface area contributed by atoms with Gasteiger partial charge in [0.05, 0.1) is 0 Å². The van der Waals surface area contributed by atoms with Crippen molar-refractivity contribution < 1.29 is 4.39 Å². The van der Waals surface area contributed by atoms with Crippen LogP contribution < -0.4 is 5.32 Å². The van der Waals surface area contributed by atoms with Gasteiger partial charge in [0, 0.05) is 12.6 Å². The van der Waals surface area contributed by atoms with Crippen LogP contribution in [0.15, 0.2) is 54.6 Å². The lowest BCUT2D eigenvalue weighted by atomic mass is 9.79. The minimum Gasteiger partial charge on any atom is -0.310 e. The van der Waals surface area contributed by atoms with Crippen molar-refractivity contribution in [1.82, 2.24) is 5.32 Å². The molecule has 2 heteroatoms. The molecule has 2 rings (SSSR count). The van der Waals surface area contributed by atoms with Crippen molar-refractivity contribution in [3.63, 3.8) is 0 Å². The largest absolute Gasteiger partial charge is 0.310 e. The Hall–Kier alpha value is -1.67. The Bertz CT molecular complexity index is 546. The zero-order valence-corrected chi connectivity index (χ0v) is 13.1. The van der Waals surface area contributed by atoms with Crippen molar-refractivity contribution >= 4 is 0 Å². The van der Waals surface area contributed by atoms with Gasteiger partial charge in [-0.05, 0) is 42.0 Å². The fourth-order valence-corrected chi connectivity index (χ4v) is 2.74. The number of rotatable bonds is 6. The van der Waals surface area contributed by atoms with E-state index in [1.165, 1.54) is 17.7 Å². The third-order valence-electron chi connectivity index (χ3n) is 3.94. The van der Waals surface area contributed by atoms with Crippen LogP contribution in [-0.4, -0.2) is 6.04 Å². The van der Waals surface area contributed by atoms with Gasteiger partial charge in [0.25, 0.3) is 0 Å². The van der Waals surface area contributed by atoms with E-state index in [1.54, 1.807) is 0 Å². The maximum atomic E-state index is 12.9. The molecule has 21 heavy (non-hydrogen) atoms. The Morgan fingerprint density at radius 1 is 1.00 bits per heavy atom. The number of hydrogen-bond acceptors (Lipinski definition) is 1. The van der Waals surface area contributed by atoms with E-state index in [4.69, 9.17) is 0 Å². The molecule has 0 saturated heterocycles. The summed E-state index contributed by atoms with van der Waals surface area (Å²) < 4.78 is 12.9. The highest BCUT2D eigenvalue weighted by molar-refractivity contribution is 5.23. The third kappa shape index (κ3) is 4.68. The predicted molar refractivity (Wildman–Crippen MR) is 86.8 cm³/mol. The Morgan fingerprint density at radius 2 is 1.62 bits per heavy atom. The van der Waals surface area contributed by atoms with Gasteiger partial charge in [-0.2, -0.15) is 0 Å². The van der Waals surface area contributed by atoms with E-state index >= 15 is 0 Å². The summed E-state index contributed by atoms with van der Waals surface area (Å²) in [5.74, 6) is -0.183. The van der Waals surface area contributed by atoms with Crippen molar-refractivity contribution in [1.29, 1.82) is 0 Å². The topological polar surface area (TPSA) is 12.0 Å². The average molecular weight is 285 g/mol. The minimum atomic E-state index is -0.183. The maximum absolute atomic E-state index is 12.9. The van der Waals surface area contributed by atoms with E-state index < -0.39 is 0 Å². The summed E-state index contributed by atoms with van der Waals surface area (Å²) >= 11 is 0. The Morgan fingerprint density at radius 3 is 2.24 bits per heavy atom. The van der Waals surface area contributed by atoms with Crippen molar-refractivity contribution in [3.8, 4) is 0 Å². The van der Waals surface area contributed by atoms with Crippen molar-refractivity contribution in [2.75, 3.05) is 0 Å². The van der Waals surface area contributed by atoms with Crippen LogP contribution in [0.5, 0.6) is 0 Å². The van der Waals surface area contributed by atoms with Gasteiger partial charge >= 0.3 is 0 Å². The molecule has 2 aromatic rings. The van der Waals surface area contributed by atoms with Gasteiger partial charge < -0.3 is 5.32 Å². The number of hydrogen-bond donors (Lipinski definition) is 1. The maximum Gasteiger partial charge on any atom is 0.123 e. The molecule has 0 saturated carbocycles. The first-order chi connectivity index (χ1) is 9.97. The quantitative estimate of drug-likeness (QED) is 0.813. The summed E-state index contributed by atoms with van der Waals surface area (Å²) in [6.45, 7) is 7.53. The van der Waals surface area contributed by atoms with Gasteiger partial charge in [-0.15, -0.1) is 0 Å². The molecule has 1 N–H and O–H groups in total. The van der Waals surface area contributed by atoms with E-state index in [0.717, 1.165) is 18.5 Å². The third-order valence-corrected chi connectivity index (χ3v) is 3.94. The van der Waals surface area contributed by atoms with Crippen LogP contribution in [-0.2, 0) is 12.0 Å². The van der Waals surface area contributed by atoms with Gasteiger partial charge in [-0.3, -0.25) is 0 Å². The molecule has 0 radical (unpaired) electrons. The highest BCUT2D eigenvalue weighted by Gasteiger charge is 2.22. The Balaban J connectivity index is 1.89. The summed E-state index contributed by atoms with van der Waals surface area (Å²) in [6.07, 6.45) is 1.05. The first-order valence-electron chi connectivity index (χ1n) is 7.51. The molecule has 0 fully saturated rings. The second-order valence-corrected chi connectivity index (χ2v) is 6.36. The highest BCUT2D eigenvalue weighted by atomic mass is 19.1. The number of nitrogens with one attached hydrogen (secondary N) is 1. The van der Waals surface area contributed by atoms with Gasteiger partial charge in [0.15, 0.2) is 0 Å². The van der Waals surface area contributed by atoms with Gasteiger partial charge in [0.2, 0.25) is 0 Å². The summed E-state index contributed by atoms with van der Waals surface area (Å²) in [7, 11) is 0. The van der Waals surface area contributed by atoms with Gasteiger partial charge in [-0.1, -0.05) is 56.3 Å². The van der Waals surface area contributed by atoms with E-state index in [0.29, 0.717) is 6.04 Å². The molecule has 0 aliphatic rings. The number of halogens is 1. The van der Waals surface area contributed by atoms with Crippen LogP contribution in [0.3, 0.4) is 0 Å². The van der Waals surface area contributed by atoms with Crippen molar-refractivity contribution in [3.05, 3.63) is 71.5 Å². The fraction of sp³-hybridized carbons (Fsp3) is 0.368. The van der Waals surface area contributed by atoms with E-state index in [9.17, 15) is 4.39 Å². The summed E-state index contributed by atoms with van der Waals surface area (Å²) in [4.78, 5) is 0. The molecule has 0 spiro atoms. The lowest BCUT2D eigenvalue weighted by Crippen LogP contribution is -2.32. The lowest BCUT2D eigenvalue weighted by molar-refractivity contribution is 0.388. The average Bonchev–Trinajstić information content (AvgIpc) is 2.47. The molecule has 1 unspecified atom stereocenters. The molecular formula is C19H24FN. The molecule has 0 aromatic heterocycles. The molecule has 0 bridgehead atoms. The second-order valence-electron chi connectivity index (χ2n) is 6.36. The minimum absolute atomic E-state index is 0.135. The van der Waals surface area contributed by atoms with Gasteiger partial charge in [0.1, 0.15) is 5.82 Å². The van der Waals surface area contributed by atoms with Crippen LogP contribution >= 0.6 is 0 Å². The normalized spacial score (nSPS) is 13.1. The Kier molecular flexibility index (Phi) is 5.13. The second kappa shape index (κ2) is 6.86. The molecular weight excluding hydrogens is 261 g/mol. The molecule has 0 heterocycles. The molecule has 1 nitrogen and oxygen atoms in total. The van der Waals surface area contributed by atoms with Crippen LogP contribution in [0.1, 0.15) is 38.3 Å². The summed E-state index contributed by atoms with van der Waals surface area (Å²) in [5.41, 5.74) is 2.61. The first kappa shape index (κ1) is 15.7.